The highest BCUT2D eigenvalue weighted by Gasteiger charge is 2.27. The van der Waals surface area contributed by atoms with Crippen LogP contribution in [0.1, 0.15) is 16.9 Å². The molecule has 1 unspecified atom stereocenters. The average molecular weight is 339 g/mol. The summed E-state index contributed by atoms with van der Waals surface area (Å²) in [4.78, 5) is 23.2. The van der Waals surface area contributed by atoms with Crippen LogP contribution in [-0.2, 0) is 4.79 Å². The molecule has 0 aliphatic rings. The van der Waals surface area contributed by atoms with Crippen LogP contribution in [0.3, 0.4) is 0 Å². The van der Waals surface area contributed by atoms with Crippen LogP contribution in [0.2, 0.25) is 0 Å². The lowest BCUT2D eigenvalue weighted by Crippen LogP contribution is -2.42. The molecule has 1 aromatic heterocycles. The van der Waals surface area contributed by atoms with Gasteiger partial charge in [0.15, 0.2) is 11.4 Å². The van der Waals surface area contributed by atoms with Gasteiger partial charge >= 0.3 is 5.97 Å². The number of carbonyl (C=O) groups is 2. The van der Waals surface area contributed by atoms with Gasteiger partial charge < -0.3 is 15.2 Å². The molecule has 24 heavy (non-hydrogen) atoms. The minimum atomic E-state index is -2.87. The number of benzene rings is 1. The highest BCUT2D eigenvalue weighted by molar-refractivity contribution is 5.97. The summed E-state index contributed by atoms with van der Waals surface area (Å²) in [6.45, 7) is 0. The van der Waals surface area contributed by atoms with E-state index in [2.05, 4.69) is 5.10 Å². The van der Waals surface area contributed by atoms with Crippen molar-refractivity contribution in [1.82, 2.24) is 15.1 Å². The van der Waals surface area contributed by atoms with Crippen molar-refractivity contribution in [2.75, 3.05) is 7.11 Å². The molecule has 7 nitrogen and oxygen atoms in total. The third-order valence-corrected chi connectivity index (χ3v) is 3.15. The van der Waals surface area contributed by atoms with Gasteiger partial charge in [-0.05, 0) is 12.1 Å². The Morgan fingerprint density at radius 2 is 2.00 bits per heavy atom. The summed E-state index contributed by atoms with van der Waals surface area (Å²) >= 11 is 0. The summed E-state index contributed by atoms with van der Waals surface area (Å²) in [5.74, 6) is -2.36. The number of nitrogens with zero attached hydrogens (tertiary/aromatic N) is 2. The molecule has 0 saturated heterocycles. The van der Waals surface area contributed by atoms with Crippen molar-refractivity contribution in [2.45, 2.75) is 18.9 Å². The van der Waals surface area contributed by atoms with Crippen LogP contribution in [0, 0.1) is 0 Å². The number of hydrogen-bond acceptors (Lipinski definition) is 4. The SMILES string of the molecule is COc1cn(-c2ccccc2)nc1C(=O)NC(CC(F)F)C(=O)O. The van der Waals surface area contributed by atoms with Crippen LogP contribution in [0.15, 0.2) is 36.5 Å². The Morgan fingerprint density at radius 1 is 1.33 bits per heavy atom. The van der Waals surface area contributed by atoms with Gasteiger partial charge in [-0.25, -0.2) is 18.3 Å². The number of amides is 1. The van der Waals surface area contributed by atoms with Gasteiger partial charge in [-0.3, -0.25) is 4.79 Å². The Morgan fingerprint density at radius 3 is 2.54 bits per heavy atom. The molecule has 0 saturated carbocycles. The Hall–Kier alpha value is -2.97. The molecule has 2 rings (SSSR count). The average Bonchev–Trinajstić information content (AvgIpc) is 2.99. The normalized spacial score (nSPS) is 12.0. The number of alkyl halides is 2. The lowest BCUT2D eigenvalue weighted by molar-refractivity contribution is -0.140. The third-order valence-electron chi connectivity index (χ3n) is 3.15. The topological polar surface area (TPSA) is 93.5 Å². The molecule has 9 heteroatoms. The number of hydrogen-bond donors (Lipinski definition) is 2. The van der Waals surface area contributed by atoms with E-state index in [4.69, 9.17) is 9.84 Å². The molecular weight excluding hydrogens is 324 g/mol. The van der Waals surface area contributed by atoms with Crippen LogP contribution in [0.5, 0.6) is 5.75 Å². The van der Waals surface area contributed by atoms with Crippen LogP contribution in [0.25, 0.3) is 5.69 Å². The third kappa shape index (κ3) is 4.06. The number of aliphatic carboxylic acids is 1. The molecule has 0 fully saturated rings. The number of methoxy groups -OCH3 is 1. The smallest absolute Gasteiger partial charge is 0.326 e. The summed E-state index contributed by atoms with van der Waals surface area (Å²) in [5, 5.41) is 15.0. The van der Waals surface area contributed by atoms with E-state index in [-0.39, 0.29) is 11.4 Å². The van der Waals surface area contributed by atoms with Gasteiger partial charge in [0.25, 0.3) is 5.91 Å². The largest absolute Gasteiger partial charge is 0.493 e. The second-order valence-electron chi connectivity index (χ2n) is 4.82. The lowest BCUT2D eigenvalue weighted by Gasteiger charge is -2.13. The number of para-hydroxylation sites is 1. The molecule has 1 amide bonds. The first-order valence-corrected chi connectivity index (χ1v) is 6.93. The maximum absolute atomic E-state index is 12.4. The number of carboxylic acids is 1. The van der Waals surface area contributed by atoms with Crippen LogP contribution < -0.4 is 10.1 Å². The molecule has 0 radical (unpaired) electrons. The summed E-state index contributed by atoms with van der Waals surface area (Å²) in [6.07, 6.45) is -2.43. The monoisotopic (exact) mass is 339 g/mol. The number of carbonyl (C=O) groups excluding carboxylic acids is 1. The Balaban J connectivity index is 2.25. The molecule has 1 heterocycles. The van der Waals surface area contributed by atoms with Crippen molar-refractivity contribution in [3.8, 4) is 11.4 Å². The molecule has 2 N–H and O–H groups in total. The van der Waals surface area contributed by atoms with Gasteiger partial charge in [-0.15, -0.1) is 0 Å². The van der Waals surface area contributed by atoms with Crippen molar-refractivity contribution in [3.05, 3.63) is 42.2 Å². The molecule has 0 aliphatic heterocycles. The number of nitrogens with one attached hydrogen (secondary N) is 1. The quantitative estimate of drug-likeness (QED) is 0.801. The van der Waals surface area contributed by atoms with Gasteiger partial charge in [0.2, 0.25) is 6.43 Å². The predicted molar refractivity (Wildman–Crippen MR) is 79.6 cm³/mol. The van der Waals surface area contributed by atoms with Crippen molar-refractivity contribution in [1.29, 1.82) is 0 Å². The zero-order valence-corrected chi connectivity index (χ0v) is 12.6. The predicted octanol–water partition coefficient (Wildman–Crippen LogP) is 1.72. The second kappa shape index (κ2) is 7.53. The van der Waals surface area contributed by atoms with Gasteiger partial charge in [0, 0.05) is 6.42 Å². The first kappa shape index (κ1) is 17.4. The van der Waals surface area contributed by atoms with Gasteiger partial charge in [-0.2, -0.15) is 5.10 Å². The maximum Gasteiger partial charge on any atom is 0.326 e. The van der Waals surface area contributed by atoms with Gasteiger partial charge in [-0.1, -0.05) is 18.2 Å². The van der Waals surface area contributed by atoms with Crippen LogP contribution in [0.4, 0.5) is 8.78 Å². The van der Waals surface area contributed by atoms with E-state index in [1.807, 2.05) is 5.32 Å². The minimum absolute atomic E-state index is 0.0949. The van der Waals surface area contributed by atoms with Gasteiger partial charge in [0.1, 0.15) is 6.04 Å². The van der Waals surface area contributed by atoms with Crippen molar-refractivity contribution >= 4 is 11.9 Å². The maximum atomic E-state index is 12.4. The molecule has 0 aliphatic carbocycles. The molecule has 0 bridgehead atoms. The van der Waals surface area contributed by atoms with Crippen LogP contribution in [-0.4, -0.2) is 46.3 Å². The van der Waals surface area contributed by atoms with Crippen molar-refractivity contribution < 1.29 is 28.2 Å². The van der Waals surface area contributed by atoms with E-state index in [0.717, 1.165) is 0 Å². The Bertz CT molecular complexity index is 719. The zero-order valence-electron chi connectivity index (χ0n) is 12.6. The van der Waals surface area contributed by atoms with E-state index in [9.17, 15) is 18.4 Å². The minimum Gasteiger partial charge on any atom is -0.493 e. The highest BCUT2D eigenvalue weighted by Crippen LogP contribution is 2.19. The number of halogens is 2. The van der Waals surface area contributed by atoms with Crippen LogP contribution >= 0.6 is 0 Å². The number of carboxylic acid groups (broad SMARTS) is 1. The summed E-state index contributed by atoms with van der Waals surface area (Å²) in [7, 11) is 1.32. The van der Waals surface area contributed by atoms with Gasteiger partial charge in [0.05, 0.1) is 19.0 Å². The second-order valence-corrected chi connectivity index (χ2v) is 4.82. The molecular formula is C15H15F2N3O4. The number of ether oxygens (including phenoxy) is 1. The van der Waals surface area contributed by atoms with E-state index < -0.39 is 30.8 Å². The van der Waals surface area contributed by atoms with E-state index in [1.54, 1.807) is 30.3 Å². The molecule has 1 aromatic carbocycles. The standard InChI is InChI=1S/C15H15F2N3O4/c1-24-11-8-20(9-5-3-2-4-6-9)19-13(11)14(21)18-10(15(22)23)7-12(16)17/h2-6,8,10,12H,7H2,1H3,(H,18,21)(H,22,23). The Kier molecular flexibility index (Phi) is 5.46. The first-order chi connectivity index (χ1) is 11.4. The summed E-state index contributed by atoms with van der Waals surface area (Å²) in [5.41, 5.74) is 0.457. The first-order valence-electron chi connectivity index (χ1n) is 6.93. The summed E-state index contributed by atoms with van der Waals surface area (Å²) in [6, 6.07) is 7.11. The highest BCUT2D eigenvalue weighted by atomic mass is 19.3. The molecule has 128 valence electrons. The lowest BCUT2D eigenvalue weighted by atomic mass is 10.2. The molecule has 1 atom stereocenters. The van der Waals surface area contributed by atoms with Crippen molar-refractivity contribution in [2.24, 2.45) is 0 Å². The molecule has 0 spiro atoms. The van der Waals surface area contributed by atoms with Crippen molar-refractivity contribution in [3.63, 3.8) is 0 Å². The number of aromatic nitrogens is 2. The fourth-order valence-corrected chi connectivity index (χ4v) is 2.00. The van der Waals surface area contributed by atoms with E-state index >= 15 is 0 Å². The molecule has 2 aromatic rings. The Labute approximate surface area is 135 Å². The number of rotatable bonds is 7. The summed E-state index contributed by atoms with van der Waals surface area (Å²) < 4.78 is 31.2. The fourth-order valence-electron chi connectivity index (χ4n) is 2.00. The van der Waals surface area contributed by atoms with E-state index in [0.29, 0.717) is 5.69 Å². The van der Waals surface area contributed by atoms with E-state index in [1.165, 1.54) is 18.0 Å². The fraction of sp³-hybridized carbons (Fsp3) is 0.267. The zero-order chi connectivity index (χ0) is 17.7.